The monoisotopic (exact) mass is 466 g/mol. The molecule has 0 fully saturated rings. The zero-order chi connectivity index (χ0) is 14.3. The maximum atomic E-state index is 6.22. The van der Waals surface area contributed by atoms with Crippen LogP contribution in [0.25, 0.3) is 20.9 Å². The predicted octanol–water partition coefficient (Wildman–Crippen LogP) is 7.98. The molecule has 0 bridgehead atoms. The van der Waals surface area contributed by atoms with Gasteiger partial charge in [-0.05, 0) is 35.0 Å². The van der Waals surface area contributed by atoms with Crippen LogP contribution in [0.5, 0.6) is 0 Å². The van der Waals surface area contributed by atoms with E-state index in [-0.39, 0.29) is 0 Å². The molecule has 0 atom stereocenters. The molecule has 0 radical (unpaired) electrons. The maximum Gasteiger partial charge on any atom is 0.0592 e. The van der Waals surface area contributed by atoms with Crippen molar-refractivity contribution in [1.82, 2.24) is 0 Å². The molecule has 0 aliphatic rings. The largest absolute Gasteiger partial charge is 0.142 e. The quantitative estimate of drug-likeness (QED) is 0.357. The Balaban J connectivity index is 2.17. The standard InChI is InChI=1S/C14H6Br2Cl2S2/c15-9-6-8(14-12(18)2-4-20-14)10(16)5-7(9)13-11(17)1-3-19-13/h1-6H. The number of hydrogen-bond donors (Lipinski definition) is 0. The molecular weight excluding hydrogens is 463 g/mol. The minimum atomic E-state index is 0.768. The van der Waals surface area contributed by atoms with E-state index in [1.54, 1.807) is 22.7 Å². The third-order valence-electron chi connectivity index (χ3n) is 2.78. The first-order valence-corrected chi connectivity index (χ1v) is 9.64. The van der Waals surface area contributed by atoms with Crippen LogP contribution in [0.4, 0.5) is 0 Å². The SMILES string of the molecule is Clc1ccsc1-c1cc(Br)c(-c2sccc2Cl)cc1Br. The van der Waals surface area contributed by atoms with Crippen LogP contribution >= 0.6 is 77.7 Å². The van der Waals surface area contributed by atoms with Crippen molar-refractivity contribution in [1.29, 1.82) is 0 Å². The van der Waals surface area contributed by atoms with Gasteiger partial charge in [0.15, 0.2) is 0 Å². The number of hydrogen-bond acceptors (Lipinski definition) is 2. The fourth-order valence-corrected chi connectivity index (χ4v) is 5.59. The van der Waals surface area contributed by atoms with Gasteiger partial charge in [-0.25, -0.2) is 0 Å². The molecule has 0 N–H and O–H groups in total. The maximum absolute atomic E-state index is 6.22. The first-order valence-electron chi connectivity index (χ1n) is 5.53. The van der Waals surface area contributed by atoms with Crippen molar-refractivity contribution < 1.29 is 0 Å². The molecule has 0 saturated carbocycles. The second kappa shape index (κ2) is 6.11. The molecule has 0 aliphatic heterocycles. The highest BCUT2D eigenvalue weighted by Crippen LogP contribution is 2.44. The summed E-state index contributed by atoms with van der Waals surface area (Å²) in [5.41, 5.74) is 2.15. The zero-order valence-corrected chi connectivity index (χ0v) is 16.1. The Morgan fingerprint density at radius 2 is 1.15 bits per heavy atom. The molecule has 3 aromatic rings. The number of benzene rings is 1. The van der Waals surface area contributed by atoms with E-state index in [9.17, 15) is 0 Å². The van der Waals surface area contributed by atoms with Gasteiger partial charge in [-0.2, -0.15) is 0 Å². The number of halogens is 4. The minimum Gasteiger partial charge on any atom is -0.142 e. The molecule has 3 rings (SSSR count). The predicted molar refractivity (Wildman–Crippen MR) is 98.5 cm³/mol. The van der Waals surface area contributed by atoms with Crippen LogP contribution in [0.1, 0.15) is 0 Å². The number of thiophene rings is 2. The van der Waals surface area contributed by atoms with Gasteiger partial charge in [0, 0.05) is 20.1 Å². The lowest BCUT2D eigenvalue weighted by Crippen LogP contribution is -1.83. The van der Waals surface area contributed by atoms with Gasteiger partial charge in [0.2, 0.25) is 0 Å². The molecule has 0 spiro atoms. The Bertz CT molecular complexity index is 711. The summed E-state index contributed by atoms with van der Waals surface area (Å²) in [6, 6.07) is 7.97. The summed E-state index contributed by atoms with van der Waals surface area (Å²) in [5, 5.41) is 5.51. The van der Waals surface area contributed by atoms with Crippen molar-refractivity contribution in [3.05, 3.63) is 54.0 Å². The third kappa shape index (κ3) is 2.74. The van der Waals surface area contributed by atoms with Crippen LogP contribution in [0.2, 0.25) is 10.0 Å². The van der Waals surface area contributed by atoms with E-state index in [1.807, 2.05) is 22.9 Å². The highest BCUT2D eigenvalue weighted by atomic mass is 79.9. The first-order chi connectivity index (χ1) is 9.58. The van der Waals surface area contributed by atoms with Gasteiger partial charge >= 0.3 is 0 Å². The highest BCUT2D eigenvalue weighted by Gasteiger charge is 2.15. The van der Waals surface area contributed by atoms with Gasteiger partial charge in [-0.3, -0.25) is 0 Å². The van der Waals surface area contributed by atoms with E-state index < -0.39 is 0 Å². The fourth-order valence-electron chi connectivity index (χ4n) is 1.87. The van der Waals surface area contributed by atoms with Gasteiger partial charge in [0.05, 0.1) is 19.8 Å². The second-order valence-electron chi connectivity index (χ2n) is 4.01. The van der Waals surface area contributed by atoms with Gasteiger partial charge in [-0.1, -0.05) is 55.1 Å². The molecule has 0 amide bonds. The van der Waals surface area contributed by atoms with Gasteiger partial charge in [0.1, 0.15) is 0 Å². The molecular formula is C14H6Br2Cl2S2. The fraction of sp³-hybridized carbons (Fsp3) is 0. The van der Waals surface area contributed by atoms with Crippen molar-refractivity contribution in [3.63, 3.8) is 0 Å². The normalized spacial score (nSPS) is 11.0. The van der Waals surface area contributed by atoms with Crippen LogP contribution in [0.15, 0.2) is 44.0 Å². The summed E-state index contributed by atoms with van der Waals surface area (Å²) < 4.78 is 2.01. The van der Waals surface area contributed by atoms with E-state index in [0.29, 0.717) is 0 Å². The topological polar surface area (TPSA) is 0 Å². The van der Waals surface area contributed by atoms with Gasteiger partial charge < -0.3 is 0 Å². The van der Waals surface area contributed by atoms with E-state index in [1.165, 1.54) is 0 Å². The molecule has 6 heteroatoms. The average molecular weight is 469 g/mol. The molecule has 2 aromatic heterocycles. The Kier molecular flexibility index (Phi) is 4.60. The molecule has 0 aliphatic carbocycles. The lowest BCUT2D eigenvalue weighted by molar-refractivity contribution is 1.59. The van der Waals surface area contributed by atoms with Crippen LogP contribution in [0, 0.1) is 0 Å². The van der Waals surface area contributed by atoms with Crippen LogP contribution in [-0.2, 0) is 0 Å². The summed E-state index contributed by atoms with van der Waals surface area (Å²) in [5.74, 6) is 0. The van der Waals surface area contributed by atoms with Crippen molar-refractivity contribution in [2.75, 3.05) is 0 Å². The molecule has 20 heavy (non-hydrogen) atoms. The van der Waals surface area contributed by atoms with E-state index in [4.69, 9.17) is 23.2 Å². The van der Waals surface area contributed by atoms with Crippen molar-refractivity contribution in [2.45, 2.75) is 0 Å². The summed E-state index contributed by atoms with van der Waals surface area (Å²) in [6.45, 7) is 0. The van der Waals surface area contributed by atoms with Gasteiger partial charge in [-0.15, -0.1) is 22.7 Å². The van der Waals surface area contributed by atoms with E-state index in [0.717, 1.165) is 39.9 Å². The number of rotatable bonds is 2. The zero-order valence-electron chi connectivity index (χ0n) is 9.79. The lowest BCUT2D eigenvalue weighted by atomic mass is 10.1. The summed E-state index contributed by atoms with van der Waals surface area (Å²) in [7, 11) is 0. The van der Waals surface area contributed by atoms with Crippen LogP contribution in [-0.4, -0.2) is 0 Å². The van der Waals surface area contributed by atoms with E-state index in [2.05, 4.69) is 44.0 Å². The smallest absolute Gasteiger partial charge is 0.0592 e. The highest BCUT2D eigenvalue weighted by molar-refractivity contribution is 9.11. The second-order valence-corrected chi connectivity index (χ2v) is 8.36. The van der Waals surface area contributed by atoms with Crippen molar-refractivity contribution in [3.8, 4) is 20.9 Å². The third-order valence-corrected chi connectivity index (χ3v) is 6.84. The average Bonchev–Trinajstić information content (AvgIpc) is 3.01. The molecule has 0 saturated heterocycles. The van der Waals surface area contributed by atoms with E-state index >= 15 is 0 Å². The molecule has 0 nitrogen and oxygen atoms in total. The lowest BCUT2D eigenvalue weighted by Gasteiger charge is -2.09. The molecule has 0 unspecified atom stereocenters. The molecule has 1 aromatic carbocycles. The Morgan fingerprint density at radius 3 is 1.45 bits per heavy atom. The summed E-state index contributed by atoms with van der Waals surface area (Å²) in [6.07, 6.45) is 0. The Hall–Kier alpha value is 0.160. The van der Waals surface area contributed by atoms with Gasteiger partial charge in [0.25, 0.3) is 0 Å². The minimum absolute atomic E-state index is 0.768. The Labute approximate surface area is 151 Å². The first kappa shape index (κ1) is 15.1. The molecule has 2 heterocycles. The van der Waals surface area contributed by atoms with Crippen LogP contribution in [0.3, 0.4) is 0 Å². The van der Waals surface area contributed by atoms with Crippen molar-refractivity contribution >= 4 is 77.7 Å². The summed E-state index contributed by atoms with van der Waals surface area (Å²) >= 11 is 23.0. The molecule has 102 valence electrons. The van der Waals surface area contributed by atoms with Crippen molar-refractivity contribution in [2.24, 2.45) is 0 Å². The summed E-state index contributed by atoms with van der Waals surface area (Å²) in [4.78, 5) is 2.12. The van der Waals surface area contributed by atoms with Crippen LogP contribution < -0.4 is 0 Å². The Morgan fingerprint density at radius 1 is 0.750 bits per heavy atom.